The Morgan fingerprint density at radius 1 is 0.895 bits per heavy atom. The van der Waals surface area contributed by atoms with Crippen molar-refractivity contribution in [3.63, 3.8) is 0 Å². The Balaban J connectivity index is 2.12. The van der Waals surface area contributed by atoms with Crippen LogP contribution in [0.15, 0.2) is 48.5 Å². The van der Waals surface area contributed by atoms with E-state index in [-0.39, 0.29) is 0 Å². The summed E-state index contributed by atoms with van der Waals surface area (Å²) in [5.74, 6) is 0.652. The molecular formula is C13H8Cl2N4. The van der Waals surface area contributed by atoms with Gasteiger partial charge in [0, 0.05) is 5.56 Å². The average molecular weight is 291 g/mol. The Hall–Kier alpha value is -1.91. The first-order chi connectivity index (χ1) is 9.25. The molecule has 0 saturated carbocycles. The highest BCUT2D eigenvalue weighted by molar-refractivity contribution is 6.42. The molecule has 0 spiro atoms. The Morgan fingerprint density at radius 2 is 1.68 bits per heavy atom. The smallest absolute Gasteiger partial charge is 0.187 e. The van der Waals surface area contributed by atoms with Gasteiger partial charge in [0.25, 0.3) is 0 Å². The first-order valence-corrected chi connectivity index (χ1v) is 6.30. The molecule has 0 fully saturated rings. The fourth-order valence-electron chi connectivity index (χ4n) is 1.75. The van der Waals surface area contributed by atoms with Crippen molar-refractivity contribution < 1.29 is 0 Å². The molecule has 94 valence electrons. The zero-order valence-corrected chi connectivity index (χ0v) is 11.2. The molecule has 0 aliphatic carbocycles. The summed E-state index contributed by atoms with van der Waals surface area (Å²) < 4.78 is 1.62. The molecule has 0 aliphatic rings. The highest BCUT2D eigenvalue weighted by Gasteiger charge is 2.11. The number of tetrazole rings is 1. The van der Waals surface area contributed by atoms with E-state index in [0.29, 0.717) is 15.9 Å². The van der Waals surface area contributed by atoms with Crippen LogP contribution in [0.1, 0.15) is 0 Å². The Labute approximate surface area is 119 Å². The Bertz CT molecular complexity index is 710. The fraction of sp³-hybridized carbons (Fsp3) is 0. The van der Waals surface area contributed by atoms with E-state index in [4.69, 9.17) is 23.2 Å². The van der Waals surface area contributed by atoms with Gasteiger partial charge in [0.15, 0.2) is 5.82 Å². The second-order valence-electron chi connectivity index (χ2n) is 3.88. The summed E-state index contributed by atoms with van der Waals surface area (Å²) in [6, 6.07) is 15.0. The van der Waals surface area contributed by atoms with E-state index in [1.54, 1.807) is 16.8 Å². The van der Waals surface area contributed by atoms with Gasteiger partial charge >= 0.3 is 0 Å². The molecule has 0 amide bonds. The third-order valence-electron chi connectivity index (χ3n) is 2.65. The molecule has 0 saturated heterocycles. The summed E-state index contributed by atoms with van der Waals surface area (Å²) in [5.41, 5.74) is 1.69. The maximum absolute atomic E-state index is 6.02. The van der Waals surface area contributed by atoms with E-state index in [1.807, 2.05) is 36.4 Å². The maximum atomic E-state index is 6.02. The van der Waals surface area contributed by atoms with Crippen LogP contribution >= 0.6 is 23.2 Å². The largest absolute Gasteiger partial charge is 0.193 e. The third-order valence-corrected chi connectivity index (χ3v) is 3.39. The van der Waals surface area contributed by atoms with Gasteiger partial charge in [-0.15, -0.1) is 5.10 Å². The van der Waals surface area contributed by atoms with Crippen LogP contribution < -0.4 is 0 Å². The van der Waals surface area contributed by atoms with Gasteiger partial charge in [-0.05, 0) is 28.6 Å². The quantitative estimate of drug-likeness (QED) is 0.724. The summed E-state index contributed by atoms with van der Waals surface area (Å²) in [6.07, 6.45) is 0. The minimum atomic E-state index is 0.466. The van der Waals surface area contributed by atoms with Crippen molar-refractivity contribution in [3.05, 3.63) is 58.6 Å². The van der Waals surface area contributed by atoms with Crippen LogP contribution in [0, 0.1) is 0 Å². The SMILES string of the molecule is Clc1ccc(-n2nnnc2-c2ccccc2)cc1Cl. The van der Waals surface area contributed by atoms with Crippen LogP contribution in [0.4, 0.5) is 0 Å². The number of halogens is 2. The van der Waals surface area contributed by atoms with Crippen molar-refractivity contribution in [1.29, 1.82) is 0 Å². The van der Waals surface area contributed by atoms with Crippen LogP contribution in [0.2, 0.25) is 10.0 Å². The summed E-state index contributed by atoms with van der Waals surface area (Å²) in [5, 5.41) is 12.7. The van der Waals surface area contributed by atoms with Crippen molar-refractivity contribution >= 4 is 23.2 Å². The van der Waals surface area contributed by atoms with Crippen LogP contribution in [-0.2, 0) is 0 Å². The van der Waals surface area contributed by atoms with Gasteiger partial charge in [-0.25, -0.2) is 0 Å². The minimum absolute atomic E-state index is 0.466. The summed E-state index contributed by atoms with van der Waals surface area (Å²) in [6.45, 7) is 0. The molecule has 19 heavy (non-hydrogen) atoms. The number of benzene rings is 2. The van der Waals surface area contributed by atoms with Crippen molar-refractivity contribution in [2.24, 2.45) is 0 Å². The molecule has 1 heterocycles. The lowest BCUT2D eigenvalue weighted by molar-refractivity contribution is 0.791. The second kappa shape index (κ2) is 4.99. The van der Waals surface area contributed by atoms with Crippen molar-refractivity contribution in [3.8, 4) is 17.1 Å². The van der Waals surface area contributed by atoms with Gasteiger partial charge in [-0.3, -0.25) is 0 Å². The number of nitrogens with zero attached hydrogens (tertiary/aromatic N) is 4. The summed E-state index contributed by atoms with van der Waals surface area (Å²) in [4.78, 5) is 0. The molecule has 0 unspecified atom stereocenters. The van der Waals surface area contributed by atoms with Gasteiger partial charge in [0.2, 0.25) is 0 Å². The first-order valence-electron chi connectivity index (χ1n) is 5.55. The molecule has 3 rings (SSSR count). The molecule has 0 atom stereocenters. The van der Waals surface area contributed by atoms with Crippen molar-refractivity contribution in [2.75, 3.05) is 0 Å². The first kappa shape index (κ1) is 12.1. The van der Waals surface area contributed by atoms with Crippen molar-refractivity contribution in [1.82, 2.24) is 20.2 Å². The van der Waals surface area contributed by atoms with Gasteiger partial charge in [-0.1, -0.05) is 53.5 Å². The van der Waals surface area contributed by atoms with E-state index in [0.717, 1.165) is 11.3 Å². The maximum Gasteiger partial charge on any atom is 0.187 e. The molecule has 4 nitrogen and oxygen atoms in total. The predicted octanol–water partition coefficient (Wildman–Crippen LogP) is 3.64. The van der Waals surface area contributed by atoms with Crippen LogP contribution in [-0.4, -0.2) is 20.2 Å². The average Bonchev–Trinajstić information content (AvgIpc) is 2.92. The van der Waals surface area contributed by atoms with Crippen molar-refractivity contribution in [2.45, 2.75) is 0 Å². The van der Waals surface area contributed by atoms with E-state index in [2.05, 4.69) is 15.5 Å². The second-order valence-corrected chi connectivity index (χ2v) is 4.69. The summed E-state index contributed by atoms with van der Waals surface area (Å²) in [7, 11) is 0. The highest BCUT2D eigenvalue weighted by atomic mass is 35.5. The monoisotopic (exact) mass is 290 g/mol. The molecule has 0 radical (unpaired) electrons. The zero-order valence-electron chi connectivity index (χ0n) is 9.66. The van der Waals surface area contributed by atoms with E-state index >= 15 is 0 Å². The van der Waals surface area contributed by atoms with Gasteiger partial charge in [-0.2, -0.15) is 4.68 Å². The van der Waals surface area contributed by atoms with E-state index in [9.17, 15) is 0 Å². The Morgan fingerprint density at radius 3 is 2.42 bits per heavy atom. The van der Waals surface area contributed by atoms with Crippen LogP contribution in [0.5, 0.6) is 0 Å². The summed E-state index contributed by atoms with van der Waals surface area (Å²) >= 11 is 11.9. The van der Waals surface area contributed by atoms with Gasteiger partial charge in [0.1, 0.15) is 0 Å². The molecule has 0 bridgehead atoms. The van der Waals surface area contributed by atoms with Gasteiger partial charge in [0.05, 0.1) is 15.7 Å². The molecule has 3 aromatic rings. The molecule has 0 N–H and O–H groups in total. The highest BCUT2D eigenvalue weighted by Crippen LogP contribution is 2.26. The van der Waals surface area contributed by atoms with Crippen LogP contribution in [0.25, 0.3) is 17.1 Å². The number of rotatable bonds is 2. The lowest BCUT2D eigenvalue weighted by Gasteiger charge is -2.05. The zero-order chi connectivity index (χ0) is 13.2. The molecular weight excluding hydrogens is 283 g/mol. The lowest BCUT2D eigenvalue weighted by Crippen LogP contribution is -1.99. The molecule has 0 aliphatic heterocycles. The van der Waals surface area contributed by atoms with Gasteiger partial charge < -0.3 is 0 Å². The molecule has 2 aromatic carbocycles. The fourth-order valence-corrected chi connectivity index (χ4v) is 2.04. The standard InChI is InChI=1S/C13H8Cl2N4/c14-11-7-6-10(8-12(11)15)19-13(16-17-18-19)9-4-2-1-3-5-9/h1-8H. The van der Waals surface area contributed by atoms with Crippen LogP contribution in [0.3, 0.4) is 0 Å². The number of hydrogen-bond acceptors (Lipinski definition) is 3. The predicted molar refractivity (Wildman–Crippen MR) is 74.6 cm³/mol. The molecule has 1 aromatic heterocycles. The number of hydrogen-bond donors (Lipinski definition) is 0. The topological polar surface area (TPSA) is 43.6 Å². The normalized spacial score (nSPS) is 10.6. The van der Waals surface area contributed by atoms with E-state index in [1.165, 1.54) is 0 Å². The molecule has 6 heteroatoms. The van der Waals surface area contributed by atoms with E-state index < -0.39 is 0 Å². The Kier molecular flexibility index (Phi) is 3.19. The lowest BCUT2D eigenvalue weighted by atomic mass is 10.2. The third kappa shape index (κ3) is 2.32. The minimum Gasteiger partial charge on any atom is -0.193 e. The number of aromatic nitrogens is 4.